The van der Waals surface area contributed by atoms with E-state index in [1.165, 1.54) is 16.7 Å². The van der Waals surface area contributed by atoms with E-state index >= 15 is 0 Å². The Hall–Kier alpha value is -4.30. The van der Waals surface area contributed by atoms with Crippen molar-refractivity contribution in [2.75, 3.05) is 26.2 Å². The van der Waals surface area contributed by atoms with Gasteiger partial charge in [0.1, 0.15) is 17.4 Å². The van der Waals surface area contributed by atoms with Gasteiger partial charge in [0.15, 0.2) is 5.76 Å². The van der Waals surface area contributed by atoms with Crippen LogP contribution in [-0.2, 0) is 24.7 Å². The van der Waals surface area contributed by atoms with Gasteiger partial charge in [0, 0.05) is 50.7 Å². The molecule has 4 aromatic rings. The number of ether oxygens (including phenoxy) is 1. The van der Waals surface area contributed by atoms with E-state index in [1.54, 1.807) is 0 Å². The van der Waals surface area contributed by atoms with Gasteiger partial charge >= 0.3 is 11.6 Å². The number of carbonyl (C=O) groups excluding carboxylic acids is 1. The summed E-state index contributed by atoms with van der Waals surface area (Å²) in [5.74, 6) is 0.994. The monoisotopic (exact) mass is 626 g/mol. The second kappa shape index (κ2) is 15.6. The lowest BCUT2D eigenvalue weighted by molar-refractivity contribution is 0.0883. The molecule has 0 aliphatic carbocycles. The Morgan fingerprint density at radius 2 is 1.47 bits per heavy atom. The third-order valence-corrected chi connectivity index (χ3v) is 8.49. The first-order chi connectivity index (χ1) is 21.9. The van der Waals surface area contributed by atoms with Crippen LogP contribution in [-0.4, -0.2) is 62.4 Å². The predicted molar refractivity (Wildman–Crippen MR) is 172 cm³/mol. The van der Waals surface area contributed by atoms with Crippen molar-refractivity contribution in [1.82, 2.24) is 15.1 Å². The van der Waals surface area contributed by atoms with Gasteiger partial charge in [-0.2, -0.15) is 13.7 Å². The van der Waals surface area contributed by atoms with E-state index in [2.05, 4.69) is 52.4 Å². The maximum atomic E-state index is 13.0. The predicted octanol–water partition coefficient (Wildman–Crippen LogP) is 5.38. The molecule has 234 valence electrons. The smallest absolute Gasteiger partial charge is 0.335 e. The fourth-order valence-electron chi connectivity index (χ4n) is 5.97. The first kappa shape index (κ1) is 32.1. The quantitative estimate of drug-likeness (QED) is 0.277. The van der Waals surface area contributed by atoms with E-state index in [4.69, 9.17) is 22.8 Å². The summed E-state index contributed by atoms with van der Waals surface area (Å²) in [4.78, 5) is 17.9. The van der Waals surface area contributed by atoms with Gasteiger partial charge in [-0.1, -0.05) is 42.0 Å². The van der Waals surface area contributed by atoms with Crippen molar-refractivity contribution in [3.8, 4) is 11.8 Å². The fourth-order valence-corrected chi connectivity index (χ4v) is 5.97. The van der Waals surface area contributed by atoms with Crippen molar-refractivity contribution in [3.05, 3.63) is 101 Å². The molecule has 0 radical (unpaired) electrons. The number of hydrogen-bond acceptors (Lipinski definition) is 8. The molecule has 6 rings (SSSR count). The summed E-state index contributed by atoms with van der Waals surface area (Å²) in [6.45, 7) is 7.82. The van der Waals surface area contributed by atoms with Gasteiger partial charge in [0.2, 0.25) is 0 Å². The van der Waals surface area contributed by atoms with Gasteiger partial charge in [-0.05, 0) is 80.1 Å². The SMILES string of the molecule is Cc1ccc(CN2CCC(Oc3ccc4oc(C(=O)NC5CCN(Cc6ccc(C#N)cc6)CC5)cc4c3)CC2)cc1.O=S=O. The Kier molecular flexibility index (Phi) is 11.1. The molecule has 3 heterocycles. The summed E-state index contributed by atoms with van der Waals surface area (Å²) in [6, 6.07) is 26.5. The summed E-state index contributed by atoms with van der Waals surface area (Å²) in [5.41, 5.74) is 5.22. The minimum atomic E-state index is -0.750. The van der Waals surface area contributed by atoms with E-state index in [-0.39, 0.29) is 18.1 Å². The number of piperidine rings is 2. The van der Waals surface area contributed by atoms with Crippen LogP contribution in [0.1, 0.15) is 58.5 Å². The zero-order valence-corrected chi connectivity index (χ0v) is 26.3. The number of likely N-dealkylation sites (tertiary alicyclic amines) is 2. The molecule has 0 atom stereocenters. The Morgan fingerprint density at radius 3 is 2.07 bits per heavy atom. The van der Waals surface area contributed by atoms with Gasteiger partial charge in [0.25, 0.3) is 5.91 Å². The molecule has 10 heteroatoms. The van der Waals surface area contributed by atoms with E-state index < -0.39 is 11.6 Å². The van der Waals surface area contributed by atoms with Crippen LogP contribution in [0.25, 0.3) is 11.0 Å². The number of rotatable bonds is 8. The van der Waals surface area contributed by atoms with Gasteiger partial charge in [-0.25, -0.2) is 0 Å². The first-order valence-corrected chi connectivity index (χ1v) is 16.0. The lowest BCUT2D eigenvalue weighted by Gasteiger charge is -2.32. The maximum absolute atomic E-state index is 13.0. The van der Waals surface area contributed by atoms with Crippen LogP contribution in [0.3, 0.4) is 0 Å². The number of amides is 1. The lowest BCUT2D eigenvalue weighted by atomic mass is 10.0. The molecule has 1 N–H and O–H groups in total. The molecular formula is C35H38N4O5S. The van der Waals surface area contributed by atoms with Gasteiger partial charge in [-0.15, -0.1) is 0 Å². The summed E-state index contributed by atoms with van der Waals surface area (Å²) in [7, 11) is 0. The Balaban J connectivity index is 0.00000128. The molecule has 2 aliphatic heterocycles. The maximum Gasteiger partial charge on any atom is 0.335 e. The topological polar surface area (TPSA) is 116 Å². The number of aryl methyl sites for hydroxylation is 1. The lowest BCUT2D eigenvalue weighted by Crippen LogP contribution is -2.44. The second-order valence-electron chi connectivity index (χ2n) is 11.8. The van der Waals surface area contributed by atoms with Crippen molar-refractivity contribution < 1.29 is 22.4 Å². The minimum absolute atomic E-state index is 0.124. The van der Waals surface area contributed by atoms with Crippen molar-refractivity contribution in [1.29, 1.82) is 5.26 Å². The number of nitrogens with zero attached hydrogens (tertiary/aromatic N) is 3. The van der Waals surface area contributed by atoms with E-state index in [9.17, 15) is 4.79 Å². The summed E-state index contributed by atoms with van der Waals surface area (Å²) in [6.07, 6.45) is 3.97. The number of carbonyl (C=O) groups is 1. The summed E-state index contributed by atoms with van der Waals surface area (Å²) >= 11 is -0.750. The standard InChI is InChI=1S/C35H38N4O3.O2S/c1-25-2-4-27(5-3-25)23-39-18-14-31(15-19-39)41-32-10-11-33-29(20-32)21-34(42-33)35(40)37-30-12-16-38(17-13-30)24-28-8-6-26(22-36)7-9-28;1-3-2/h2-11,20-21,30-31H,12-19,23-24H2,1H3,(H,37,40);. The largest absolute Gasteiger partial charge is 0.490 e. The Morgan fingerprint density at radius 1 is 0.889 bits per heavy atom. The highest BCUT2D eigenvalue weighted by Gasteiger charge is 2.24. The molecular weight excluding hydrogens is 588 g/mol. The van der Waals surface area contributed by atoms with Crippen molar-refractivity contribution >= 4 is 28.4 Å². The number of nitrogens with one attached hydrogen (secondary N) is 1. The average Bonchev–Trinajstić information content (AvgIpc) is 3.49. The zero-order chi connectivity index (χ0) is 31.6. The molecule has 2 saturated heterocycles. The molecule has 3 aromatic carbocycles. The molecule has 2 aliphatic rings. The number of hydrogen-bond donors (Lipinski definition) is 1. The van der Waals surface area contributed by atoms with E-state index in [1.807, 2.05) is 48.5 Å². The van der Waals surface area contributed by atoms with Gasteiger partial charge in [-0.3, -0.25) is 14.6 Å². The van der Waals surface area contributed by atoms with Crippen molar-refractivity contribution in [2.45, 2.75) is 57.8 Å². The molecule has 0 bridgehead atoms. The van der Waals surface area contributed by atoms with Crippen LogP contribution in [0.15, 0.2) is 77.2 Å². The molecule has 45 heavy (non-hydrogen) atoms. The van der Waals surface area contributed by atoms with Crippen LogP contribution in [0.2, 0.25) is 0 Å². The van der Waals surface area contributed by atoms with Crippen LogP contribution < -0.4 is 10.1 Å². The van der Waals surface area contributed by atoms with Crippen LogP contribution >= 0.6 is 0 Å². The highest BCUT2D eigenvalue weighted by atomic mass is 32.1. The Bertz CT molecular complexity index is 1640. The van der Waals surface area contributed by atoms with Gasteiger partial charge in [0.05, 0.1) is 11.6 Å². The Labute approximate surface area is 267 Å². The molecule has 0 unspecified atom stereocenters. The fraction of sp³-hybridized carbons (Fsp3) is 0.371. The number of fused-ring (bicyclic) bond motifs is 1. The molecule has 1 amide bonds. The number of benzene rings is 3. The van der Waals surface area contributed by atoms with Crippen molar-refractivity contribution in [3.63, 3.8) is 0 Å². The zero-order valence-electron chi connectivity index (χ0n) is 25.4. The van der Waals surface area contributed by atoms with Crippen LogP contribution in [0.4, 0.5) is 0 Å². The van der Waals surface area contributed by atoms with E-state index in [0.717, 1.165) is 76.1 Å². The highest BCUT2D eigenvalue weighted by Crippen LogP contribution is 2.27. The summed E-state index contributed by atoms with van der Waals surface area (Å²) in [5, 5.41) is 13.0. The summed E-state index contributed by atoms with van der Waals surface area (Å²) < 4.78 is 28.8. The molecule has 0 spiro atoms. The first-order valence-electron chi connectivity index (χ1n) is 15.3. The van der Waals surface area contributed by atoms with Crippen LogP contribution in [0, 0.1) is 18.3 Å². The van der Waals surface area contributed by atoms with Crippen LogP contribution in [0.5, 0.6) is 5.75 Å². The average molecular weight is 627 g/mol. The minimum Gasteiger partial charge on any atom is -0.490 e. The van der Waals surface area contributed by atoms with Crippen molar-refractivity contribution in [2.24, 2.45) is 0 Å². The van der Waals surface area contributed by atoms with Gasteiger partial charge < -0.3 is 14.5 Å². The second-order valence-corrected chi connectivity index (χ2v) is 11.9. The third kappa shape index (κ3) is 9.11. The number of furan rings is 1. The third-order valence-electron chi connectivity index (χ3n) is 8.49. The molecule has 0 saturated carbocycles. The molecule has 9 nitrogen and oxygen atoms in total. The normalized spacial score (nSPS) is 16.4. The molecule has 2 fully saturated rings. The highest BCUT2D eigenvalue weighted by molar-refractivity contribution is 7.51. The number of nitriles is 1. The van der Waals surface area contributed by atoms with E-state index in [0.29, 0.717) is 16.9 Å². The molecule has 1 aromatic heterocycles.